The summed E-state index contributed by atoms with van der Waals surface area (Å²) in [6.45, 7) is 3.68. The Balaban J connectivity index is 1.77. The number of aromatic nitrogens is 1. The highest BCUT2D eigenvalue weighted by Crippen LogP contribution is 2.19. The third kappa shape index (κ3) is 4.00. The number of nitrogens with one attached hydrogen (secondary N) is 1. The van der Waals surface area contributed by atoms with E-state index in [1.54, 1.807) is 42.6 Å². The van der Waals surface area contributed by atoms with E-state index in [1.165, 1.54) is 7.11 Å². The van der Waals surface area contributed by atoms with Crippen LogP contribution < -0.4 is 10.2 Å². The number of pyridine rings is 1. The largest absolute Gasteiger partial charge is 0.465 e. The molecule has 0 bridgehead atoms. The lowest BCUT2D eigenvalue weighted by Crippen LogP contribution is -2.44. The van der Waals surface area contributed by atoms with E-state index < -0.39 is 5.97 Å². The average molecular weight is 354 g/mol. The highest BCUT2D eigenvalue weighted by Gasteiger charge is 2.18. The third-order valence-corrected chi connectivity index (χ3v) is 4.42. The Bertz CT molecular complexity index is 801. The topological polar surface area (TPSA) is 74.8 Å². The molecule has 0 unspecified atom stereocenters. The Kier molecular flexibility index (Phi) is 5.48. The molecule has 2 heterocycles. The maximum atomic E-state index is 12.6. The lowest BCUT2D eigenvalue weighted by atomic mass is 10.1. The van der Waals surface area contributed by atoms with Crippen LogP contribution >= 0.6 is 0 Å². The van der Waals surface area contributed by atoms with Crippen molar-refractivity contribution in [2.45, 2.75) is 0 Å². The predicted molar refractivity (Wildman–Crippen MR) is 99.7 cm³/mol. The summed E-state index contributed by atoms with van der Waals surface area (Å²) in [6.07, 6.45) is 1.63. The maximum absolute atomic E-state index is 12.6. The highest BCUT2D eigenvalue weighted by molar-refractivity contribution is 6.08. The lowest BCUT2D eigenvalue weighted by Gasteiger charge is -2.33. The van der Waals surface area contributed by atoms with E-state index in [1.807, 2.05) is 0 Å². The second-order valence-electron chi connectivity index (χ2n) is 6.18. The van der Waals surface area contributed by atoms with Crippen molar-refractivity contribution in [1.29, 1.82) is 0 Å². The molecular weight excluding hydrogens is 332 g/mol. The molecule has 1 aliphatic heterocycles. The van der Waals surface area contributed by atoms with Gasteiger partial charge >= 0.3 is 5.97 Å². The number of nitrogens with zero attached hydrogens (tertiary/aromatic N) is 3. The summed E-state index contributed by atoms with van der Waals surface area (Å²) in [7, 11) is 3.40. The van der Waals surface area contributed by atoms with E-state index in [2.05, 4.69) is 27.1 Å². The molecule has 1 aromatic carbocycles. The van der Waals surface area contributed by atoms with Gasteiger partial charge in [0.05, 0.1) is 18.4 Å². The van der Waals surface area contributed by atoms with E-state index in [9.17, 15) is 9.59 Å². The smallest absolute Gasteiger partial charge is 0.339 e. The Hall–Kier alpha value is -2.93. The normalized spacial score (nSPS) is 14.8. The number of esters is 1. The van der Waals surface area contributed by atoms with Crippen LogP contribution in [0.1, 0.15) is 20.7 Å². The number of rotatable bonds is 4. The zero-order valence-electron chi connectivity index (χ0n) is 14.9. The number of amides is 1. The van der Waals surface area contributed by atoms with Crippen molar-refractivity contribution < 1.29 is 14.3 Å². The van der Waals surface area contributed by atoms with Gasteiger partial charge in [0.25, 0.3) is 5.91 Å². The van der Waals surface area contributed by atoms with Gasteiger partial charge < -0.3 is 19.9 Å². The number of benzene rings is 1. The molecule has 1 aliphatic rings. The van der Waals surface area contributed by atoms with Gasteiger partial charge in [0.2, 0.25) is 0 Å². The molecule has 0 aliphatic carbocycles. The van der Waals surface area contributed by atoms with E-state index in [4.69, 9.17) is 4.74 Å². The average Bonchev–Trinajstić information content (AvgIpc) is 2.68. The van der Waals surface area contributed by atoms with Crippen molar-refractivity contribution in [2.75, 3.05) is 50.6 Å². The first-order valence-corrected chi connectivity index (χ1v) is 8.46. The molecule has 0 saturated carbocycles. The van der Waals surface area contributed by atoms with Crippen LogP contribution in [0.5, 0.6) is 0 Å². The molecule has 1 saturated heterocycles. The van der Waals surface area contributed by atoms with Crippen molar-refractivity contribution >= 4 is 23.4 Å². The molecule has 7 heteroatoms. The Morgan fingerprint density at radius 2 is 1.85 bits per heavy atom. The van der Waals surface area contributed by atoms with Gasteiger partial charge in [-0.25, -0.2) is 9.78 Å². The minimum Gasteiger partial charge on any atom is -0.465 e. The summed E-state index contributed by atoms with van der Waals surface area (Å²) in [5, 5.41) is 2.78. The monoisotopic (exact) mass is 354 g/mol. The second-order valence-corrected chi connectivity index (χ2v) is 6.18. The van der Waals surface area contributed by atoms with Gasteiger partial charge in [0.15, 0.2) is 0 Å². The molecule has 1 amide bonds. The number of carbonyl (C=O) groups is 2. The second kappa shape index (κ2) is 7.97. The summed E-state index contributed by atoms with van der Waals surface area (Å²) < 4.78 is 4.76. The molecule has 2 aromatic rings. The fourth-order valence-electron chi connectivity index (χ4n) is 2.84. The van der Waals surface area contributed by atoms with E-state index >= 15 is 0 Å². The first kappa shape index (κ1) is 17.9. The fourth-order valence-corrected chi connectivity index (χ4v) is 2.84. The number of methoxy groups -OCH3 is 1. The highest BCUT2D eigenvalue weighted by atomic mass is 16.5. The standard InChI is InChI=1S/C19H22N4O3/c1-22-9-11-23(12-10-22)17-13-14(7-8-20-17)18(24)21-16-6-4-3-5-15(16)19(25)26-2/h3-8,13H,9-12H2,1-2H3,(H,21,24). The van der Waals surface area contributed by atoms with E-state index in [0.717, 1.165) is 32.0 Å². The predicted octanol–water partition coefficient (Wildman–Crippen LogP) is 1.87. The number of anilines is 2. The van der Waals surface area contributed by atoms with Gasteiger partial charge in [-0.3, -0.25) is 4.79 Å². The van der Waals surface area contributed by atoms with Gasteiger partial charge in [-0.05, 0) is 31.3 Å². The molecule has 1 aromatic heterocycles. The van der Waals surface area contributed by atoms with Gasteiger partial charge in [-0.1, -0.05) is 12.1 Å². The van der Waals surface area contributed by atoms with Crippen LogP contribution in [0, 0.1) is 0 Å². The van der Waals surface area contributed by atoms with Gasteiger partial charge in [-0.15, -0.1) is 0 Å². The molecule has 7 nitrogen and oxygen atoms in total. The number of piperazine rings is 1. The van der Waals surface area contributed by atoms with Crippen LogP contribution in [-0.2, 0) is 4.74 Å². The van der Waals surface area contributed by atoms with Crippen LogP contribution in [0.3, 0.4) is 0 Å². The quantitative estimate of drug-likeness (QED) is 0.845. The molecule has 26 heavy (non-hydrogen) atoms. The SMILES string of the molecule is COC(=O)c1ccccc1NC(=O)c1ccnc(N2CCN(C)CC2)c1. The Morgan fingerprint density at radius 3 is 2.58 bits per heavy atom. The number of ether oxygens (including phenoxy) is 1. The number of hydrogen-bond acceptors (Lipinski definition) is 6. The number of likely N-dealkylation sites (N-methyl/N-ethyl adjacent to an activating group) is 1. The first-order chi connectivity index (χ1) is 12.6. The van der Waals surface area contributed by atoms with Crippen molar-refractivity contribution in [1.82, 2.24) is 9.88 Å². The van der Waals surface area contributed by atoms with Crippen molar-refractivity contribution in [3.63, 3.8) is 0 Å². The van der Waals surface area contributed by atoms with Gasteiger partial charge in [0, 0.05) is 37.9 Å². The van der Waals surface area contributed by atoms with E-state index in [-0.39, 0.29) is 5.91 Å². The number of para-hydroxylation sites is 1. The minimum atomic E-state index is -0.492. The molecule has 136 valence electrons. The van der Waals surface area contributed by atoms with Gasteiger partial charge in [-0.2, -0.15) is 0 Å². The molecule has 3 rings (SSSR count). The van der Waals surface area contributed by atoms with Crippen LogP contribution in [0.2, 0.25) is 0 Å². The number of hydrogen-bond donors (Lipinski definition) is 1. The zero-order chi connectivity index (χ0) is 18.5. The van der Waals surface area contributed by atoms with Crippen molar-refractivity contribution in [2.24, 2.45) is 0 Å². The van der Waals surface area contributed by atoms with Crippen LogP contribution in [0.4, 0.5) is 11.5 Å². The molecular formula is C19H22N4O3. The van der Waals surface area contributed by atoms with Crippen LogP contribution in [0.25, 0.3) is 0 Å². The van der Waals surface area contributed by atoms with Crippen LogP contribution in [-0.4, -0.2) is 62.1 Å². The van der Waals surface area contributed by atoms with Gasteiger partial charge in [0.1, 0.15) is 5.82 Å². The molecule has 0 atom stereocenters. The first-order valence-electron chi connectivity index (χ1n) is 8.46. The molecule has 1 N–H and O–H groups in total. The summed E-state index contributed by atoms with van der Waals surface area (Å²) in [4.78, 5) is 33.3. The molecule has 0 radical (unpaired) electrons. The van der Waals surface area contributed by atoms with E-state index in [0.29, 0.717) is 16.8 Å². The zero-order valence-corrected chi connectivity index (χ0v) is 14.9. The summed E-state index contributed by atoms with van der Waals surface area (Å²) >= 11 is 0. The fraction of sp³-hybridized carbons (Fsp3) is 0.316. The third-order valence-electron chi connectivity index (χ3n) is 4.42. The van der Waals surface area contributed by atoms with Crippen LogP contribution in [0.15, 0.2) is 42.6 Å². The summed E-state index contributed by atoms with van der Waals surface area (Å²) in [5.74, 6) is -0.000104. The molecule has 1 fully saturated rings. The summed E-state index contributed by atoms with van der Waals surface area (Å²) in [6, 6.07) is 10.2. The minimum absolute atomic E-state index is 0.292. The Labute approximate surface area is 152 Å². The lowest BCUT2D eigenvalue weighted by molar-refractivity contribution is 0.0602. The maximum Gasteiger partial charge on any atom is 0.339 e. The number of carbonyl (C=O) groups excluding carboxylic acids is 2. The van der Waals surface area contributed by atoms with Crippen molar-refractivity contribution in [3.05, 3.63) is 53.7 Å². The molecule has 0 spiro atoms. The van der Waals surface area contributed by atoms with Crippen molar-refractivity contribution in [3.8, 4) is 0 Å². The Morgan fingerprint density at radius 1 is 1.12 bits per heavy atom. The summed E-state index contributed by atoms with van der Waals surface area (Å²) in [5.41, 5.74) is 1.23.